The second-order valence-corrected chi connectivity index (χ2v) is 6.98. The Morgan fingerprint density at radius 1 is 0.963 bits per heavy atom. The minimum atomic E-state index is -0.266. The van der Waals surface area contributed by atoms with Crippen molar-refractivity contribution >= 4 is 17.2 Å². The van der Waals surface area contributed by atoms with Crippen LogP contribution in [0.5, 0.6) is 0 Å². The van der Waals surface area contributed by atoms with Gasteiger partial charge < -0.3 is 9.80 Å². The molecule has 136 valence electrons. The van der Waals surface area contributed by atoms with Crippen molar-refractivity contribution in [1.29, 1.82) is 0 Å². The van der Waals surface area contributed by atoms with Gasteiger partial charge in [0.2, 0.25) is 0 Å². The molecule has 2 aliphatic heterocycles. The van der Waals surface area contributed by atoms with E-state index in [0.29, 0.717) is 0 Å². The van der Waals surface area contributed by atoms with Crippen molar-refractivity contribution in [1.82, 2.24) is 9.80 Å². The number of nitrogens with zero attached hydrogens (tertiary/aromatic N) is 2. The number of carbonyl (C=O) groups is 1. The number of aryl methyl sites for hydroxylation is 1. The van der Waals surface area contributed by atoms with Crippen LogP contribution in [0.15, 0.2) is 72.5 Å². The minimum Gasteiger partial charge on any atom is -0.348 e. The Morgan fingerprint density at radius 2 is 1.56 bits per heavy atom. The van der Waals surface area contributed by atoms with Crippen LogP contribution < -0.4 is 0 Å². The third-order valence-corrected chi connectivity index (χ3v) is 5.12. The van der Waals surface area contributed by atoms with Gasteiger partial charge in [0.25, 0.3) is 0 Å². The smallest absolute Gasteiger partial charge is 0.159 e. The van der Waals surface area contributed by atoms with E-state index < -0.39 is 0 Å². The van der Waals surface area contributed by atoms with E-state index in [1.54, 1.807) is 19.1 Å². The second-order valence-electron chi connectivity index (χ2n) is 6.98. The summed E-state index contributed by atoms with van der Waals surface area (Å²) in [4.78, 5) is 16.5. The zero-order valence-electron chi connectivity index (χ0n) is 15.6. The molecule has 0 spiro atoms. The van der Waals surface area contributed by atoms with Crippen molar-refractivity contribution in [3.05, 3.63) is 95.0 Å². The summed E-state index contributed by atoms with van der Waals surface area (Å²) < 4.78 is 13.5. The van der Waals surface area contributed by atoms with Crippen molar-refractivity contribution in [3.63, 3.8) is 0 Å². The number of fused-ring (bicyclic) bond motifs is 1. The summed E-state index contributed by atoms with van der Waals surface area (Å²) in [6.45, 7) is 3.65. The van der Waals surface area contributed by atoms with Crippen molar-refractivity contribution in [3.8, 4) is 0 Å². The molecule has 0 saturated heterocycles. The molecule has 0 aliphatic carbocycles. The first-order valence-electron chi connectivity index (χ1n) is 8.95. The molecule has 0 radical (unpaired) electrons. The molecule has 0 fully saturated rings. The highest BCUT2D eigenvalue weighted by atomic mass is 19.1. The Labute approximate surface area is 158 Å². The summed E-state index contributed by atoms with van der Waals surface area (Å²) in [5, 5.41) is 0. The van der Waals surface area contributed by atoms with E-state index in [2.05, 4.69) is 41.0 Å². The molecule has 0 N–H and O–H groups in total. The van der Waals surface area contributed by atoms with Crippen molar-refractivity contribution < 1.29 is 9.18 Å². The van der Waals surface area contributed by atoms with Crippen LogP contribution in [-0.2, 0) is 4.79 Å². The normalized spacial score (nSPS) is 18.7. The molecule has 0 aromatic heterocycles. The minimum absolute atomic E-state index is 0.0461. The van der Waals surface area contributed by atoms with Crippen LogP contribution in [0.2, 0.25) is 0 Å². The van der Waals surface area contributed by atoms with E-state index in [0.717, 1.165) is 28.1 Å². The van der Waals surface area contributed by atoms with E-state index in [4.69, 9.17) is 0 Å². The van der Waals surface area contributed by atoms with Crippen LogP contribution >= 0.6 is 0 Å². The number of rotatable bonds is 3. The van der Waals surface area contributed by atoms with Crippen LogP contribution in [0.1, 0.15) is 23.6 Å². The average Bonchev–Trinajstić information content (AvgIpc) is 2.96. The number of Topliss-reactive ketones (excluding diaryl/α,β-unsaturated/α-hetero) is 1. The molecule has 1 unspecified atom stereocenters. The summed E-state index contributed by atoms with van der Waals surface area (Å²) in [5.74, 6) is -0.220. The monoisotopic (exact) mass is 360 g/mol. The summed E-state index contributed by atoms with van der Waals surface area (Å²) in [5.41, 5.74) is 5.88. The van der Waals surface area contributed by atoms with Gasteiger partial charge in [-0.3, -0.25) is 4.79 Å². The summed E-state index contributed by atoms with van der Waals surface area (Å²) in [7, 11) is 2.00. The van der Waals surface area contributed by atoms with Gasteiger partial charge in [0.05, 0.1) is 11.4 Å². The van der Waals surface area contributed by atoms with Gasteiger partial charge in [-0.1, -0.05) is 35.9 Å². The van der Waals surface area contributed by atoms with E-state index >= 15 is 0 Å². The number of allylic oxidation sites excluding steroid dienone is 2. The fourth-order valence-electron chi connectivity index (χ4n) is 3.81. The predicted octanol–water partition coefficient (Wildman–Crippen LogP) is 4.58. The first kappa shape index (κ1) is 17.3. The van der Waals surface area contributed by atoms with Gasteiger partial charge >= 0.3 is 0 Å². The molecule has 3 nitrogen and oxygen atoms in total. The zero-order valence-corrected chi connectivity index (χ0v) is 15.6. The maximum atomic E-state index is 13.5. The van der Waals surface area contributed by atoms with Crippen LogP contribution in [-0.4, -0.2) is 28.8 Å². The number of hydrogen-bond acceptors (Lipinski definition) is 3. The third-order valence-electron chi connectivity index (χ3n) is 5.12. The van der Waals surface area contributed by atoms with E-state index in [9.17, 15) is 9.18 Å². The molecule has 2 aliphatic rings. The molecule has 0 bridgehead atoms. The number of carbonyl (C=O) groups excluding carboxylic acids is 1. The van der Waals surface area contributed by atoms with Crippen LogP contribution in [0.3, 0.4) is 0 Å². The Morgan fingerprint density at radius 3 is 2.19 bits per heavy atom. The molecule has 0 amide bonds. The molecule has 4 rings (SSSR count). The van der Waals surface area contributed by atoms with E-state index in [1.807, 2.05) is 25.4 Å². The molecule has 27 heavy (non-hydrogen) atoms. The van der Waals surface area contributed by atoms with Gasteiger partial charge in [0, 0.05) is 29.9 Å². The fourth-order valence-corrected chi connectivity index (χ4v) is 3.81. The standard InChI is InChI=1S/C23H21FN2O/c1-15-6-8-17(9-7-15)21-22(18-10-12-19(24)13-11-18)26-14-4-5-20(16(2)27)23(26)25(21)3/h4-14,23H,1-3H3. The Hall–Kier alpha value is -3.14. The summed E-state index contributed by atoms with van der Waals surface area (Å²) in [6, 6.07) is 14.8. The molecule has 0 saturated carbocycles. The van der Waals surface area contributed by atoms with Crippen LogP contribution in [0, 0.1) is 12.7 Å². The van der Waals surface area contributed by atoms with Gasteiger partial charge in [-0.15, -0.1) is 0 Å². The maximum absolute atomic E-state index is 13.5. The van der Waals surface area contributed by atoms with E-state index in [1.165, 1.54) is 17.7 Å². The highest BCUT2D eigenvalue weighted by Crippen LogP contribution is 2.44. The quantitative estimate of drug-likeness (QED) is 0.801. The highest BCUT2D eigenvalue weighted by molar-refractivity contribution is 5.99. The lowest BCUT2D eigenvalue weighted by atomic mass is 10.0. The topological polar surface area (TPSA) is 23.6 Å². The Kier molecular flexibility index (Phi) is 4.19. The number of halogens is 1. The summed E-state index contributed by atoms with van der Waals surface area (Å²) >= 11 is 0. The third kappa shape index (κ3) is 2.87. The van der Waals surface area contributed by atoms with Gasteiger partial charge in [-0.25, -0.2) is 4.39 Å². The lowest BCUT2D eigenvalue weighted by Gasteiger charge is -2.33. The molecular weight excluding hydrogens is 339 g/mol. The Bertz CT molecular complexity index is 984. The zero-order chi connectivity index (χ0) is 19.1. The van der Waals surface area contributed by atoms with Gasteiger partial charge in [-0.05, 0) is 44.2 Å². The SMILES string of the molecule is CC(=O)C1=CC=CN2C(c3ccc(F)cc3)=C(c3ccc(C)cc3)N(C)C12. The van der Waals surface area contributed by atoms with Gasteiger partial charge in [0.15, 0.2) is 5.78 Å². The van der Waals surface area contributed by atoms with Crippen molar-refractivity contribution in [2.75, 3.05) is 7.05 Å². The largest absolute Gasteiger partial charge is 0.348 e. The molecule has 1 atom stereocenters. The molecular formula is C23H21FN2O. The van der Waals surface area contributed by atoms with Gasteiger partial charge in [-0.2, -0.15) is 0 Å². The number of hydrogen-bond donors (Lipinski definition) is 0. The van der Waals surface area contributed by atoms with Crippen molar-refractivity contribution in [2.45, 2.75) is 20.0 Å². The van der Waals surface area contributed by atoms with Crippen molar-refractivity contribution in [2.24, 2.45) is 0 Å². The maximum Gasteiger partial charge on any atom is 0.159 e. The van der Waals surface area contributed by atoms with E-state index in [-0.39, 0.29) is 17.8 Å². The lowest BCUT2D eigenvalue weighted by molar-refractivity contribution is -0.114. The molecule has 4 heteroatoms. The first-order chi connectivity index (χ1) is 13.0. The molecule has 2 aromatic carbocycles. The number of likely N-dealkylation sites (N-methyl/N-ethyl adjacent to an activating group) is 1. The predicted molar refractivity (Wildman–Crippen MR) is 106 cm³/mol. The highest BCUT2D eigenvalue weighted by Gasteiger charge is 2.40. The van der Waals surface area contributed by atoms with Crippen LogP contribution in [0.4, 0.5) is 4.39 Å². The molecule has 2 heterocycles. The van der Waals surface area contributed by atoms with Gasteiger partial charge in [0.1, 0.15) is 12.0 Å². The van der Waals surface area contributed by atoms with Crippen LogP contribution in [0.25, 0.3) is 11.4 Å². The first-order valence-corrected chi connectivity index (χ1v) is 8.95. The lowest BCUT2D eigenvalue weighted by Crippen LogP contribution is -2.40. The number of ketones is 1. The Balaban J connectivity index is 1.93. The number of benzene rings is 2. The molecule has 2 aromatic rings. The summed E-state index contributed by atoms with van der Waals surface area (Å²) in [6.07, 6.45) is 5.54. The average molecular weight is 360 g/mol. The second kappa shape index (κ2) is 6.54. The fraction of sp³-hybridized carbons (Fsp3) is 0.174.